The van der Waals surface area contributed by atoms with Gasteiger partial charge in [-0.1, -0.05) is 37.2 Å². The van der Waals surface area contributed by atoms with Crippen molar-refractivity contribution in [3.8, 4) is 10.4 Å². The van der Waals surface area contributed by atoms with Crippen LogP contribution in [0, 0.1) is 5.82 Å². The lowest BCUT2D eigenvalue weighted by Crippen LogP contribution is -2.31. The van der Waals surface area contributed by atoms with Gasteiger partial charge in [-0.05, 0) is 30.2 Å². The smallest absolute Gasteiger partial charge is 0.325 e. The van der Waals surface area contributed by atoms with Crippen LogP contribution in [0.2, 0.25) is 0 Å². The molecule has 4 aromatic heterocycles. The summed E-state index contributed by atoms with van der Waals surface area (Å²) in [7, 11) is 1.78. The summed E-state index contributed by atoms with van der Waals surface area (Å²) < 4.78 is 17.5. The fourth-order valence-electron chi connectivity index (χ4n) is 3.77. The van der Waals surface area contributed by atoms with Crippen LogP contribution in [0.5, 0.6) is 0 Å². The first kappa shape index (κ1) is 22.5. The Morgan fingerprint density at radius 3 is 2.74 bits per heavy atom. The summed E-state index contributed by atoms with van der Waals surface area (Å²) >= 11 is 3.04. The summed E-state index contributed by atoms with van der Waals surface area (Å²) in [5, 5.41) is 0.799. The van der Waals surface area contributed by atoms with Crippen LogP contribution in [-0.2, 0) is 19.3 Å². The second-order valence-corrected chi connectivity index (χ2v) is 9.84. The third-order valence-electron chi connectivity index (χ3n) is 5.59. The zero-order chi connectivity index (χ0) is 23.8. The topological polar surface area (TPSA) is 98.5 Å². The minimum Gasteiger partial charge on any atom is -0.325 e. The standard InChI is InChI=1S/C23H21FN6O2S2/c1-3-4-9-30-20-18(21(31)28-23(30)32)29(2)17(27-20)11-33-22-19-15(25-12-26-22)10-16(34-19)13-5-7-14(24)8-6-13/h5-8,10,12H,3-4,9,11H2,1-2H3,(H,28,31,32). The average molecular weight is 497 g/mol. The third-order valence-corrected chi connectivity index (χ3v) is 7.88. The predicted octanol–water partition coefficient (Wildman–Crippen LogP) is 4.33. The summed E-state index contributed by atoms with van der Waals surface area (Å²) in [5.74, 6) is 0.855. The van der Waals surface area contributed by atoms with Crippen LogP contribution in [-0.4, -0.2) is 29.1 Å². The molecule has 34 heavy (non-hydrogen) atoms. The Balaban J connectivity index is 1.48. The van der Waals surface area contributed by atoms with Crippen LogP contribution in [0.25, 0.3) is 31.8 Å². The molecule has 5 aromatic rings. The van der Waals surface area contributed by atoms with Gasteiger partial charge in [0, 0.05) is 18.5 Å². The molecule has 5 rings (SSSR count). The maximum absolute atomic E-state index is 13.3. The molecule has 0 spiro atoms. The highest BCUT2D eigenvalue weighted by Crippen LogP contribution is 2.37. The highest BCUT2D eigenvalue weighted by Gasteiger charge is 2.18. The van der Waals surface area contributed by atoms with Crippen molar-refractivity contribution < 1.29 is 4.39 Å². The lowest BCUT2D eigenvalue weighted by molar-refractivity contribution is 0.613. The lowest BCUT2D eigenvalue weighted by atomic mass is 10.2. The van der Waals surface area contributed by atoms with Crippen LogP contribution in [0.4, 0.5) is 4.39 Å². The van der Waals surface area contributed by atoms with E-state index >= 15 is 0 Å². The monoisotopic (exact) mass is 496 g/mol. The average Bonchev–Trinajstić information content (AvgIpc) is 3.40. The van der Waals surface area contributed by atoms with Gasteiger partial charge in [0.05, 0.1) is 16.0 Å². The zero-order valence-electron chi connectivity index (χ0n) is 18.5. The zero-order valence-corrected chi connectivity index (χ0v) is 20.2. The first-order valence-corrected chi connectivity index (χ1v) is 12.6. The second kappa shape index (κ2) is 9.15. The number of benzene rings is 1. The molecule has 11 heteroatoms. The van der Waals surface area contributed by atoms with Crippen molar-refractivity contribution in [1.29, 1.82) is 0 Å². The summed E-state index contributed by atoms with van der Waals surface area (Å²) in [6.07, 6.45) is 3.26. The molecular formula is C23H21FN6O2S2. The van der Waals surface area contributed by atoms with Gasteiger partial charge in [0.25, 0.3) is 5.56 Å². The van der Waals surface area contributed by atoms with Gasteiger partial charge < -0.3 is 4.57 Å². The number of imidazole rings is 1. The molecule has 0 atom stereocenters. The Morgan fingerprint density at radius 1 is 1.18 bits per heavy atom. The molecule has 0 radical (unpaired) electrons. The number of aromatic nitrogens is 6. The molecule has 0 aliphatic carbocycles. The number of hydrogen-bond donors (Lipinski definition) is 1. The van der Waals surface area contributed by atoms with E-state index in [9.17, 15) is 14.0 Å². The van der Waals surface area contributed by atoms with Crippen LogP contribution < -0.4 is 11.2 Å². The molecule has 1 aromatic carbocycles. The summed E-state index contributed by atoms with van der Waals surface area (Å²) in [5.41, 5.74) is 1.65. The molecule has 4 heterocycles. The predicted molar refractivity (Wildman–Crippen MR) is 133 cm³/mol. The van der Waals surface area contributed by atoms with Crippen LogP contribution in [0.1, 0.15) is 25.6 Å². The largest absolute Gasteiger partial charge is 0.330 e. The van der Waals surface area contributed by atoms with Crippen molar-refractivity contribution in [1.82, 2.24) is 29.1 Å². The van der Waals surface area contributed by atoms with E-state index in [4.69, 9.17) is 0 Å². The molecular weight excluding hydrogens is 475 g/mol. The summed E-state index contributed by atoms with van der Waals surface area (Å²) in [6.45, 7) is 2.54. The number of halogens is 1. The van der Waals surface area contributed by atoms with Crippen molar-refractivity contribution in [2.24, 2.45) is 7.05 Å². The number of aromatic amines is 1. The van der Waals surface area contributed by atoms with Crippen molar-refractivity contribution in [3.05, 3.63) is 69.1 Å². The van der Waals surface area contributed by atoms with Gasteiger partial charge in [0.2, 0.25) is 0 Å². The van der Waals surface area contributed by atoms with Gasteiger partial charge in [0.1, 0.15) is 23.0 Å². The van der Waals surface area contributed by atoms with Gasteiger partial charge in [0.15, 0.2) is 11.2 Å². The number of H-pyrrole nitrogens is 1. The van der Waals surface area contributed by atoms with E-state index < -0.39 is 11.2 Å². The van der Waals surface area contributed by atoms with E-state index in [1.807, 2.05) is 13.0 Å². The number of thiophene rings is 1. The van der Waals surface area contributed by atoms with Crippen molar-refractivity contribution in [2.75, 3.05) is 0 Å². The van der Waals surface area contributed by atoms with Crippen molar-refractivity contribution in [2.45, 2.75) is 37.1 Å². The first-order valence-electron chi connectivity index (χ1n) is 10.8. The van der Waals surface area contributed by atoms with E-state index in [0.29, 0.717) is 29.3 Å². The maximum atomic E-state index is 13.3. The van der Waals surface area contributed by atoms with Gasteiger partial charge >= 0.3 is 5.69 Å². The molecule has 0 saturated heterocycles. The van der Waals surface area contributed by atoms with Gasteiger partial charge in [-0.3, -0.25) is 14.3 Å². The van der Waals surface area contributed by atoms with E-state index in [2.05, 4.69) is 19.9 Å². The molecule has 0 amide bonds. The van der Waals surface area contributed by atoms with Gasteiger partial charge in [-0.25, -0.2) is 24.1 Å². The molecule has 0 fully saturated rings. The number of unbranched alkanes of at least 4 members (excludes halogenated alkanes) is 1. The third kappa shape index (κ3) is 4.05. The number of aryl methyl sites for hydroxylation is 2. The SMILES string of the molecule is CCCCn1c(=O)[nH]c(=O)c2c1nc(CSc1ncnc3cc(-c4ccc(F)cc4)sc13)n2C. The lowest BCUT2D eigenvalue weighted by Gasteiger charge is -2.04. The molecule has 0 aliphatic rings. The summed E-state index contributed by atoms with van der Waals surface area (Å²) in [4.78, 5) is 41.7. The number of thioether (sulfide) groups is 1. The van der Waals surface area contributed by atoms with E-state index in [0.717, 1.165) is 38.5 Å². The van der Waals surface area contributed by atoms with Crippen molar-refractivity contribution >= 4 is 44.5 Å². The van der Waals surface area contributed by atoms with Crippen LogP contribution in [0.3, 0.4) is 0 Å². The number of nitrogens with one attached hydrogen (secondary N) is 1. The summed E-state index contributed by atoms with van der Waals surface area (Å²) in [6, 6.07) is 8.34. The molecule has 0 unspecified atom stereocenters. The van der Waals surface area contributed by atoms with E-state index in [1.165, 1.54) is 34.8 Å². The molecule has 0 aliphatic heterocycles. The highest BCUT2D eigenvalue weighted by molar-refractivity contribution is 7.98. The van der Waals surface area contributed by atoms with E-state index in [-0.39, 0.29) is 5.82 Å². The minimum absolute atomic E-state index is 0.276. The quantitative estimate of drug-likeness (QED) is 0.266. The second-order valence-electron chi connectivity index (χ2n) is 7.82. The number of nitrogens with zero attached hydrogens (tertiary/aromatic N) is 5. The number of hydrogen-bond acceptors (Lipinski definition) is 7. The number of fused-ring (bicyclic) bond motifs is 2. The molecule has 174 valence electrons. The Labute approximate surface area is 201 Å². The van der Waals surface area contributed by atoms with Gasteiger partial charge in [-0.15, -0.1) is 11.3 Å². The van der Waals surface area contributed by atoms with E-state index in [1.54, 1.807) is 35.1 Å². The molecule has 0 bridgehead atoms. The van der Waals surface area contributed by atoms with Gasteiger partial charge in [-0.2, -0.15) is 0 Å². The maximum Gasteiger partial charge on any atom is 0.330 e. The fraction of sp³-hybridized carbons (Fsp3) is 0.261. The molecule has 0 saturated carbocycles. The Hall–Kier alpha value is -3.31. The minimum atomic E-state index is -0.439. The Morgan fingerprint density at radius 2 is 1.97 bits per heavy atom. The van der Waals surface area contributed by atoms with Crippen LogP contribution in [0.15, 0.2) is 51.3 Å². The Bertz CT molecular complexity index is 1620. The fourth-order valence-corrected chi connectivity index (χ4v) is 5.95. The normalized spacial score (nSPS) is 11.6. The number of rotatable bonds is 7. The molecule has 1 N–H and O–H groups in total. The van der Waals surface area contributed by atoms with Crippen molar-refractivity contribution in [3.63, 3.8) is 0 Å². The highest BCUT2D eigenvalue weighted by atomic mass is 32.2. The molecule has 8 nitrogen and oxygen atoms in total. The first-order chi connectivity index (χ1) is 16.5. The van der Waals surface area contributed by atoms with Crippen LogP contribution >= 0.6 is 23.1 Å². The Kier molecular flexibility index (Phi) is 6.05.